The fourth-order valence-electron chi connectivity index (χ4n) is 3.38. The molecule has 0 saturated carbocycles. The summed E-state index contributed by atoms with van der Waals surface area (Å²) in [6.45, 7) is 0. The molecule has 5 heteroatoms. The van der Waals surface area contributed by atoms with Crippen molar-refractivity contribution in [1.29, 1.82) is 0 Å². The van der Waals surface area contributed by atoms with E-state index in [4.69, 9.17) is 4.99 Å². The lowest BCUT2D eigenvalue weighted by atomic mass is 9.84. The van der Waals surface area contributed by atoms with Gasteiger partial charge in [-0.05, 0) is 49.1 Å². The maximum atomic E-state index is 13.3. The Morgan fingerprint density at radius 3 is 2.75 bits per heavy atom. The Morgan fingerprint density at radius 1 is 1.17 bits per heavy atom. The number of aromatic nitrogens is 1. The molecule has 1 aromatic heterocycles. The van der Waals surface area contributed by atoms with Gasteiger partial charge in [-0.25, -0.2) is 4.39 Å². The number of aliphatic hydroxyl groups excluding tert-OH is 1. The van der Waals surface area contributed by atoms with Crippen LogP contribution in [0.3, 0.4) is 0 Å². The maximum Gasteiger partial charge on any atom is 0.135 e. The number of aliphatic imine (C=N–C) groups is 1. The Hall–Kier alpha value is -2.53. The van der Waals surface area contributed by atoms with Crippen molar-refractivity contribution in [3.63, 3.8) is 0 Å². The van der Waals surface area contributed by atoms with Crippen LogP contribution in [0.1, 0.15) is 36.4 Å². The summed E-state index contributed by atoms with van der Waals surface area (Å²) in [6, 6.07) is 9.87. The fraction of sp³-hybridized carbons (Fsp3) is 0.263. The molecule has 0 saturated heterocycles. The highest BCUT2D eigenvalue weighted by atomic mass is 19.1. The molecule has 24 heavy (non-hydrogen) atoms. The Bertz CT molecular complexity index is 799. The Morgan fingerprint density at radius 2 is 2.00 bits per heavy atom. The summed E-state index contributed by atoms with van der Waals surface area (Å²) in [7, 11) is 0. The lowest BCUT2D eigenvalue weighted by Crippen LogP contribution is -2.36. The van der Waals surface area contributed by atoms with Crippen molar-refractivity contribution in [2.45, 2.75) is 31.4 Å². The minimum atomic E-state index is -0.518. The number of aliphatic hydroxyl groups is 1. The normalized spacial score (nSPS) is 23.3. The number of halogens is 1. The number of hydrogen-bond donors (Lipinski definition) is 2. The van der Waals surface area contributed by atoms with Crippen LogP contribution < -0.4 is 5.32 Å². The summed E-state index contributed by atoms with van der Waals surface area (Å²) in [4.78, 5) is 8.96. The minimum Gasteiger partial charge on any atom is -0.389 e. The third-order valence-corrected chi connectivity index (χ3v) is 4.55. The van der Waals surface area contributed by atoms with E-state index in [1.807, 2.05) is 12.1 Å². The van der Waals surface area contributed by atoms with Crippen molar-refractivity contribution in [3.8, 4) is 0 Å². The molecule has 1 aromatic carbocycles. The average Bonchev–Trinajstić information content (AvgIpc) is 2.62. The number of rotatable bonds is 2. The average molecular weight is 323 g/mol. The monoisotopic (exact) mass is 323 g/mol. The van der Waals surface area contributed by atoms with Gasteiger partial charge in [0, 0.05) is 29.2 Å². The quantitative estimate of drug-likeness (QED) is 0.893. The van der Waals surface area contributed by atoms with Crippen LogP contribution in [0.15, 0.2) is 65.1 Å². The van der Waals surface area contributed by atoms with E-state index in [0.29, 0.717) is 0 Å². The highest BCUT2D eigenvalue weighted by Crippen LogP contribution is 2.38. The molecule has 2 unspecified atom stereocenters. The molecule has 122 valence electrons. The topological polar surface area (TPSA) is 57.5 Å². The molecule has 0 fully saturated rings. The van der Waals surface area contributed by atoms with Gasteiger partial charge in [0.2, 0.25) is 0 Å². The summed E-state index contributed by atoms with van der Waals surface area (Å²) in [5.74, 6) is 0.466. The zero-order valence-electron chi connectivity index (χ0n) is 13.1. The zero-order valence-corrected chi connectivity index (χ0v) is 13.1. The molecule has 4 rings (SSSR count). The number of allylic oxidation sites excluding steroid dienone is 1. The molecule has 0 radical (unpaired) electrons. The Balaban J connectivity index is 1.80. The molecule has 2 heterocycles. The molecule has 0 bridgehead atoms. The van der Waals surface area contributed by atoms with Gasteiger partial charge in [-0.15, -0.1) is 0 Å². The van der Waals surface area contributed by atoms with Gasteiger partial charge in [0.1, 0.15) is 17.7 Å². The lowest BCUT2D eigenvalue weighted by Gasteiger charge is -2.34. The van der Waals surface area contributed by atoms with Crippen molar-refractivity contribution in [1.82, 2.24) is 10.3 Å². The van der Waals surface area contributed by atoms with Gasteiger partial charge in [-0.3, -0.25) is 9.98 Å². The standard InChI is InChI=1S/C19H18FN3O/c20-14-8-6-12(7-9-14)18-17-15(4-1-5-16(17)24)22-19(23-18)13-3-2-10-21-11-13/h2-3,6-11,16,18,24H,1,4-5H2,(H,22,23). The minimum absolute atomic E-state index is 0.275. The number of amidine groups is 1. The maximum absolute atomic E-state index is 13.3. The van der Waals surface area contributed by atoms with Crippen LogP contribution in [-0.4, -0.2) is 22.0 Å². The molecule has 1 aliphatic carbocycles. The van der Waals surface area contributed by atoms with Crippen molar-refractivity contribution in [3.05, 3.63) is 77.0 Å². The number of pyridine rings is 1. The van der Waals surface area contributed by atoms with Crippen LogP contribution >= 0.6 is 0 Å². The van der Waals surface area contributed by atoms with Crippen LogP contribution in [-0.2, 0) is 0 Å². The second-order valence-electron chi connectivity index (χ2n) is 6.14. The smallest absolute Gasteiger partial charge is 0.135 e. The summed E-state index contributed by atoms with van der Waals surface area (Å²) in [6.07, 6.45) is 5.51. The SMILES string of the molecule is OC1CCCC2=C1C(c1ccc(F)cc1)N=C(c1cccnc1)N2. The van der Waals surface area contributed by atoms with Crippen LogP contribution in [0.2, 0.25) is 0 Å². The number of nitrogens with one attached hydrogen (secondary N) is 1. The van der Waals surface area contributed by atoms with Crippen LogP contribution in [0.25, 0.3) is 0 Å². The van der Waals surface area contributed by atoms with Gasteiger partial charge >= 0.3 is 0 Å². The first kappa shape index (κ1) is 15.0. The molecule has 0 spiro atoms. The van der Waals surface area contributed by atoms with Gasteiger partial charge in [-0.1, -0.05) is 12.1 Å². The van der Waals surface area contributed by atoms with Crippen LogP contribution in [0, 0.1) is 5.82 Å². The largest absolute Gasteiger partial charge is 0.389 e. The molecular weight excluding hydrogens is 305 g/mol. The fourth-order valence-corrected chi connectivity index (χ4v) is 3.38. The summed E-state index contributed by atoms with van der Waals surface area (Å²) in [5, 5.41) is 13.9. The van der Waals surface area contributed by atoms with Crippen molar-refractivity contribution >= 4 is 5.84 Å². The molecular formula is C19H18FN3O. The third-order valence-electron chi connectivity index (χ3n) is 4.55. The molecule has 2 atom stereocenters. The Labute approximate surface area is 139 Å². The van der Waals surface area contributed by atoms with Gasteiger partial charge in [0.05, 0.1) is 6.10 Å². The summed E-state index contributed by atoms with van der Waals surface area (Å²) in [5.41, 5.74) is 3.71. The first-order valence-corrected chi connectivity index (χ1v) is 8.14. The second-order valence-corrected chi connectivity index (χ2v) is 6.14. The molecule has 4 nitrogen and oxygen atoms in total. The third kappa shape index (κ3) is 2.71. The van der Waals surface area contributed by atoms with E-state index >= 15 is 0 Å². The molecule has 2 aliphatic rings. The predicted molar refractivity (Wildman–Crippen MR) is 89.9 cm³/mol. The van der Waals surface area contributed by atoms with E-state index in [0.717, 1.165) is 47.5 Å². The first-order chi connectivity index (χ1) is 11.7. The zero-order chi connectivity index (χ0) is 16.5. The van der Waals surface area contributed by atoms with Crippen LogP contribution in [0.4, 0.5) is 4.39 Å². The van der Waals surface area contributed by atoms with Gasteiger partial charge < -0.3 is 10.4 Å². The molecule has 1 aliphatic heterocycles. The van der Waals surface area contributed by atoms with E-state index in [1.165, 1.54) is 12.1 Å². The lowest BCUT2D eigenvalue weighted by molar-refractivity contribution is 0.179. The Kier molecular flexibility index (Phi) is 3.86. The highest BCUT2D eigenvalue weighted by Gasteiger charge is 2.33. The number of hydrogen-bond acceptors (Lipinski definition) is 4. The van der Waals surface area contributed by atoms with E-state index in [9.17, 15) is 9.50 Å². The van der Waals surface area contributed by atoms with Gasteiger partial charge in [0.25, 0.3) is 0 Å². The van der Waals surface area contributed by atoms with Gasteiger partial charge in [-0.2, -0.15) is 0 Å². The summed E-state index contributed by atoms with van der Waals surface area (Å²) < 4.78 is 13.3. The van der Waals surface area contributed by atoms with E-state index in [-0.39, 0.29) is 11.9 Å². The van der Waals surface area contributed by atoms with Crippen molar-refractivity contribution in [2.24, 2.45) is 4.99 Å². The van der Waals surface area contributed by atoms with Gasteiger partial charge in [0.15, 0.2) is 0 Å². The summed E-state index contributed by atoms with van der Waals surface area (Å²) >= 11 is 0. The van der Waals surface area contributed by atoms with E-state index in [1.54, 1.807) is 24.5 Å². The molecule has 0 amide bonds. The second kappa shape index (κ2) is 6.17. The highest BCUT2D eigenvalue weighted by molar-refractivity contribution is 6.00. The van der Waals surface area contributed by atoms with Crippen LogP contribution in [0.5, 0.6) is 0 Å². The van der Waals surface area contributed by atoms with E-state index in [2.05, 4.69) is 10.3 Å². The number of nitrogens with zero attached hydrogens (tertiary/aromatic N) is 2. The van der Waals surface area contributed by atoms with Crippen molar-refractivity contribution < 1.29 is 9.50 Å². The molecule has 2 aromatic rings. The van der Waals surface area contributed by atoms with E-state index < -0.39 is 6.10 Å². The predicted octanol–water partition coefficient (Wildman–Crippen LogP) is 3.11. The number of benzene rings is 1. The van der Waals surface area contributed by atoms with Crippen molar-refractivity contribution in [2.75, 3.05) is 0 Å². The molecule has 2 N–H and O–H groups in total. The first-order valence-electron chi connectivity index (χ1n) is 8.14.